The molecular formula is C24H25N3O3. The van der Waals surface area contributed by atoms with Crippen molar-refractivity contribution < 1.29 is 9.90 Å². The van der Waals surface area contributed by atoms with E-state index in [-0.39, 0.29) is 29.6 Å². The molecule has 1 amide bonds. The Bertz CT molecular complexity index is 1050. The summed E-state index contributed by atoms with van der Waals surface area (Å²) in [5.41, 5.74) is 1.68. The van der Waals surface area contributed by atoms with E-state index in [4.69, 9.17) is 0 Å². The minimum atomic E-state index is -0.637. The van der Waals surface area contributed by atoms with Crippen LogP contribution in [-0.2, 0) is 0 Å². The van der Waals surface area contributed by atoms with E-state index in [1.54, 1.807) is 4.90 Å². The molecule has 30 heavy (non-hydrogen) atoms. The van der Waals surface area contributed by atoms with Crippen LogP contribution < -0.4 is 5.43 Å². The van der Waals surface area contributed by atoms with Gasteiger partial charge < -0.3 is 10.0 Å². The fourth-order valence-electron chi connectivity index (χ4n) is 4.19. The molecule has 154 valence electrons. The van der Waals surface area contributed by atoms with Gasteiger partial charge in [-0.05, 0) is 31.4 Å². The Morgan fingerprint density at radius 2 is 1.57 bits per heavy atom. The third kappa shape index (κ3) is 3.61. The maximum Gasteiger partial charge on any atom is 0.276 e. The first-order chi connectivity index (χ1) is 14.5. The van der Waals surface area contributed by atoms with Gasteiger partial charge in [-0.1, -0.05) is 60.7 Å². The van der Waals surface area contributed by atoms with E-state index in [2.05, 4.69) is 29.4 Å². The van der Waals surface area contributed by atoms with Gasteiger partial charge in [0.05, 0.1) is 12.2 Å². The van der Waals surface area contributed by atoms with Crippen LogP contribution in [0, 0.1) is 0 Å². The van der Waals surface area contributed by atoms with E-state index in [9.17, 15) is 14.7 Å². The van der Waals surface area contributed by atoms with Gasteiger partial charge in [0.25, 0.3) is 5.91 Å². The quantitative estimate of drug-likeness (QED) is 0.707. The maximum absolute atomic E-state index is 13.0. The molecule has 1 N–H and O–H groups in total. The van der Waals surface area contributed by atoms with Crippen LogP contribution in [0.5, 0.6) is 5.75 Å². The molecule has 0 saturated heterocycles. The van der Waals surface area contributed by atoms with E-state index in [0.29, 0.717) is 13.0 Å². The minimum absolute atomic E-state index is 0.0210. The lowest BCUT2D eigenvalue weighted by Crippen LogP contribution is -2.48. The molecule has 0 bridgehead atoms. The maximum atomic E-state index is 13.0. The van der Waals surface area contributed by atoms with Gasteiger partial charge in [-0.3, -0.25) is 14.3 Å². The first-order valence-corrected chi connectivity index (χ1v) is 10.2. The molecule has 3 aromatic rings. The molecule has 6 nitrogen and oxygen atoms in total. The average Bonchev–Trinajstić information content (AvgIpc) is 2.76. The number of aromatic nitrogens is 2. The van der Waals surface area contributed by atoms with Gasteiger partial charge in [0.15, 0.2) is 11.4 Å². The molecule has 1 atom stereocenters. The second-order valence-electron chi connectivity index (χ2n) is 7.97. The van der Waals surface area contributed by atoms with Crippen molar-refractivity contribution in [2.45, 2.75) is 38.3 Å². The van der Waals surface area contributed by atoms with Crippen LogP contribution in [-0.4, -0.2) is 38.3 Å². The SMILES string of the molecule is CC(C)N1CC(CC(c2ccccc2)c2ccccc2)n2ncc(=O)c(O)c2C1=O. The fourth-order valence-corrected chi connectivity index (χ4v) is 4.19. The van der Waals surface area contributed by atoms with Crippen molar-refractivity contribution in [2.24, 2.45) is 0 Å². The summed E-state index contributed by atoms with van der Waals surface area (Å²) in [4.78, 5) is 26.7. The van der Waals surface area contributed by atoms with Crippen molar-refractivity contribution in [3.05, 3.63) is 93.9 Å². The van der Waals surface area contributed by atoms with Gasteiger partial charge in [-0.2, -0.15) is 5.10 Å². The molecule has 1 unspecified atom stereocenters. The number of carbonyl (C=O) groups excluding carboxylic acids is 1. The molecule has 2 heterocycles. The largest absolute Gasteiger partial charge is 0.502 e. The standard InChI is InChI=1S/C24H25N3O3/c1-16(2)26-15-19(27-22(24(26)30)23(29)21(28)14-25-27)13-20(17-9-5-3-6-10-17)18-11-7-4-8-12-18/h3-12,14,16,19-20,29H,13,15H2,1-2H3. The average molecular weight is 403 g/mol. The Morgan fingerprint density at radius 1 is 1.00 bits per heavy atom. The molecule has 0 aliphatic carbocycles. The number of amides is 1. The van der Waals surface area contributed by atoms with E-state index in [0.717, 1.165) is 6.20 Å². The lowest BCUT2D eigenvalue weighted by molar-refractivity contribution is 0.0572. The normalized spacial score (nSPS) is 16.2. The second kappa shape index (κ2) is 8.14. The fraction of sp³-hybridized carbons (Fsp3) is 0.292. The summed E-state index contributed by atoms with van der Waals surface area (Å²) in [6, 6.07) is 20.2. The van der Waals surface area contributed by atoms with Gasteiger partial charge in [0.2, 0.25) is 5.43 Å². The highest BCUT2D eigenvalue weighted by Gasteiger charge is 2.37. The summed E-state index contributed by atoms with van der Waals surface area (Å²) in [6.45, 7) is 4.33. The van der Waals surface area contributed by atoms with Gasteiger partial charge in [-0.15, -0.1) is 0 Å². The van der Waals surface area contributed by atoms with Crippen LogP contribution in [0.2, 0.25) is 0 Å². The highest BCUT2D eigenvalue weighted by molar-refractivity contribution is 5.95. The molecule has 2 aromatic carbocycles. The molecule has 0 saturated carbocycles. The van der Waals surface area contributed by atoms with Crippen LogP contribution in [0.15, 0.2) is 71.7 Å². The highest BCUT2D eigenvalue weighted by Crippen LogP contribution is 2.36. The smallest absolute Gasteiger partial charge is 0.276 e. The second-order valence-corrected chi connectivity index (χ2v) is 7.97. The van der Waals surface area contributed by atoms with Gasteiger partial charge in [-0.25, -0.2) is 0 Å². The van der Waals surface area contributed by atoms with E-state index in [1.165, 1.54) is 15.8 Å². The summed E-state index contributed by atoms with van der Waals surface area (Å²) < 4.78 is 1.54. The summed E-state index contributed by atoms with van der Waals surface area (Å²) in [7, 11) is 0. The Morgan fingerprint density at radius 3 is 2.10 bits per heavy atom. The predicted molar refractivity (Wildman–Crippen MR) is 115 cm³/mol. The topological polar surface area (TPSA) is 75.4 Å². The van der Waals surface area contributed by atoms with Gasteiger partial charge >= 0.3 is 0 Å². The first-order valence-electron chi connectivity index (χ1n) is 10.2. The monoisotopic (exact) mass is 403 g/mol. The van der Waals surface area contributed by atoms with Crippen LogP contribution in [0.25, 0.3) is 0 Å². The van der Waals surface area contributed by atoms with Gasteiger partial charge in [0, 0.05) is 18.5 Å². The van der Waals surface area contributed by atoms with Crippen molar-refractivity contribution in [2.75, 3.05) is 6.54 Å². The molecule has 6 heteroatoms. The highest BCUT2D eigenvalue weighted by atomic mass is 16.3. The third-order valence-electron chi connectivity index (χ3n) is 5.74. The number of hydrogen-bond acceptors (Lipinski definition) is 4. The number of aromatic hydroxyl groups is 1. The zero-order chi connectivity index (χ0) is 21.3. The summed E-state index contributed by atoms with van der Waals surface area (Å²) in [5, 5.41) is 14.6. The third-order valence-corrected chi connectivity index (χ3v) is 5.74. The number of rotatable bonds is 5. The Labute approximate surface area is 175 Å². The number of hydrogen-bond donors (Lipinski definition) is 1. The lowest BCUT2D eigenvalue weighted by Gasteiger charge is -2.38. The molecule has 1 aliphatic rings. The molecular weight excluding hydrogens is 378 g/mol. The van der Waals surface area contributed by atoms with Crippen molar-refractivity contribution in [1.29, 1.82) is 0 Å². The minimum Gasteiger partial charge on any atom is -0.502 e. The van der Waals surface area contributed by atoms with Crippen LogP contribution in [0.4, 0.5) is 0 Å². The number of benzene rings is 2. The zero-order valence-electron chi connectivity index (χ0n) is 17.1. The number of fused-ring (bicyclic) bond motifs is 1. The zero-order valence-corrected chi connectivity index (χ0v) is 17.1. The summed E-state index contributed by atoms with van der Waals surface area (Å²) in [6.07, 6.45) is 1.76. The van der Waals surface area contributed by atoms with E-state index >= 15 is 0 Å². The van der Waals surface area contributed by atoms with Crippen molar-refractivity contribution in [3.8, 4) is 5.75 Å². The molecule has 1 aromatic heterocycles. The number of carbonyl (C=O) groups is 1. The summed E-state index contributed by atoms with van der Waals surface area (Å²) in [5.74, 6) is -0.808. The van der Waals surface area contributed by atoms with Crippen LogP contribution in [0.3, 0.4) is 0 Å². The lowest BCUT2D eigenvalue weighted by atomic mass is 9.85. The van der Waals surface area contributed by atoms with Crippen molar-refractivity contribution in [3.63, 3.8) is 0 Å². The van der Waals surface area contributed by atoms with Crippen LogP contribution in [0.1, 0.15) is 53.8 Å². The van der Waals surface area contributed by atoms with Crippen LogP contribution >= 0.6 is 0 Å². The Kier molecular flexibility index (Phi) is 5.40. The molecule has 4 rings (SSSR count). The van der Waals surface area contributed by atoms with Gasteiger partial charge in [0.1, 0.15) is 0 Å². The number of nitrogens with zero attached hydrogens (tertiary/aromatic N) is 3. The summed E-state index contributed by atoms with van der Waals surface area (Å²) >= 11 is 0. The predicted octanol–water partition coefficient (Wildman–Crippen LogP) is 3.58. The van der Waals surface area contributed by atoms with Crippen molar-refractivity contribution in [1.82, 2.24) is 14.7 Å². The Balaban J connectivity index is 1.80. The molecule has 0 spiro atoms. The molecule has 0 fully saturated rings. The van der Waals surface area contributed by atoms with E-state index in [1.807, 2.05) is 50.2 Å². The van der Waals surface area contributed by atoms with Crippen molar-refractivity contribution >= 4 is 5.91 Å². The Hall–Kier alpha value is -3.41. The molecule has 0 radical (unpaired) electrons. The first kappa shape index (κ1) is 19.9. The molecule has 1 aliphatic heterocycles. The van der Waals surface area contributed by atoms with E-state index < -0.39 is 11.2 Å².